The lowest BCUT2D eigenvalue weighted by molar-refractivity contribution is -0.176. The second kappa shape index (κ2) is 9.63. The Hall–Kier alpha value is -2.49. The molecule has 0 heterocycles. The van der Waals surface area contributed by atoms with Crippen LogP contribution in [-0.2, 0) is 27.3 Å². The van der Waals surface area contributed by atoms with Crippen LogP contribution in [0.5, 0.6) is 5.75 Å². The number of alkyl carbamates (subject to hydrolysis) is 1. The van der Waals surface area contributed by atoms with E-state index >= 15 is 0 Å². The van der Waals surface area contributed by atoms with Gasteiger partial charge in [-0.05, 0) is 38.5 Å². The van der Waals surface area contributed by atoms with Gasteiger partial charge in [-0.15, -0.1) is 0 Å². The van der Waals surface area contributed by atoms with Crippen LogP contribution in [0.3, 0.4) is 0 Å². The summed E-state index contributed by atoms with van der Waals surface area (Å²) in [5.74, 6) is -0.977. The van der Waals surface area contributed by atoms with Gasteiger partial charge in [0.05, 0.1) is 13.7 Å². The Morgan fingerprint density at radius 2 is 1.86 bits per heavy atom. The molecule has 158 valence electrons. The number of benzene rings is 1. The summed E-state index contributed by atoms with van der Waals surface area (Å²) in [6.07, 6.45) is -5.45. The first-order chi connectivity index (χ1) is 12.8. The minimum absolute atomic E-state index is 0.106. The molecule has 10 heteroatoms. The molecule has 0 fully saturated rings. The summed E-state index contributed by atoms with van der Waals surface area (Å²) in [6, 6.07) is 3.24. The van der Waals surface area contributed by atoms with Crippen molar-refractivity contribution < 1.29 is 42.1 Å². The SMILES string of the molecule is COc1ccc(CC(NC(=O)OC(C)(C)C)C(=O)O)cc1COCC(F)(F)F. The van der Waals surface area contributed by atoms with Crippen LogP contribution in [-0.4, -0.2) is 48.7 Å². The Morgan fingerprint density at radius 1 is 1.21 bits per heavy atom. The highest BCUT2D eigenvalue weighted by molar-refractivity contribution is 5.80. The number of carbonyl (C=O) groups is 2. The molecule has 0 saturated carbocycles. The van der Waals surface area contributed by atoms with E-state index in [2.05, 4.69) is 10.1 Å². The molecule has 7 nitrogen and oxygen atoms in total. The number of rotatable bonds is 8. The summed E-state index contributed by atoms with van der Waals surface area (Å²) in [7, 11) is 1.35. The van der Waals surface area contributed by atoms with Crippen LogP contribution in [0.25, 0.3) is 0 Å². The molecular formula is C18H24F3NO6. The molecule has 0 radical (unpaired) electrons. The molecule has 0 aliphatic heterocycles. The molecule has 0 aliphatic rings. The Bertz CT molecular complexity index is 685. The number of halogens is 3. The monoisotopic (exact) mass is 407 g/mol. The van der Waals surface area contributed by atoms with Gasteiger partial charge in [0, 0.05) is 12.0 Å². The van der Waals surface area contributed by atoms with E-state index in [1.807, 2.05) is 0 Å². The Kier molecular flexibility index (Phi) is 8.10. The van der Waals surface area contributed by atoms with E-state index in [0.717, 1.165) is 0 Å². The first kappa shape index (κ1) is 23.5. The maximum atomic E-state index is 12.2. The zero-order valence-corrected chi connectivity index (χ0v) is 16.1. The van der Waals surface area contributed by atoms with E-state index in [1.54, 1.807) is 26.8 Å². The van der Waals surface area contributed by atoms with E-state index in [4.69, 9.17) is 9.47 Å². The van der Waals surface area contributed by atoms with Crippen molar-refractivity contribution in [3.63, 3.8) is 0 Å². The number of hydrogen-bond acceptors (Lipinski definition) is 5. The number of ether oxygens (including phenoxy) is 3. The summed E-state index contributed by atoms with van der Waals surface area (Å²) in [4.78, 5) is 23.3. The molecule has 1 aromatic carbocycles. The van der Waals surface area contributed by atoms with E-state index in [-0.39, 0.29) is 13.0 Å². The zero-order valence-electron chi connectivity index (χ0n) is 16.1. The fraction of sp³-hybridized carbons (Fsp3) is 0.556. The van der Waals surface area contributed by atoms with Crippen LogP contribution in [0.4, 0.5) is 18.0 Å². The smallest absolute Gasteiger partial charge is 0.411 e. The predicted molar refractivity (Wildman–Crippen MR) is 93.2 cm³/mol. The molecule has 1 atom stereocenters. The van der Waals surface area contributed by atoms with E-state index in [9.17, 15) is 27.9 Å². The third-order valence-electron chi connectivity index (χ3n) is 3.30. The number of carboxylic acid groups (broad SMARTS) is 1. The summed E-state index contributed by atoms with van der Waals surface area (Å²) in [6.45, 7) is 3.13. The van der Waals surface area contributed by atoms with Crippen LogP contribution in [0.15, 0.2) is 18.2 Å². The van der Waals surface area contributed by atoms with Crippen molar-refractivity contribution in [2.24, 2.45) is 0 Å². The number of alkyl halides is 3. The second-order valence-electron chi connectivity index (χ2n) is 7.00. The molecule has 0 aliphatic carbocycles. The van der Waals surface area contributed by atoms with E-state index < -0.39 is 36.5 Å². The minimum atomic E-state index is -4.46. The Labute approximate surface area is 160 Å². The summed E-state index contributed by atoms with van der Waals surface area (Å²) in [5.41, 5.74) is -0.00324. The maximum Gasteiger partial charge on any atom is 0.411 e. The van der Waals surface area contributed by atoms with E-state index in [1.165, 1.54) is 19.2 Å². The average molecular weight is 407 g/mol. The molecule has 0 spiro atoms. The largest absolute Gasteiger partial charge is 0.496 e. The van der Waals surface area contributed by atoms with Gasteiger partial charge in [0.1, 0.15) is 24.0 Å². The highest BCUT2D eigenvalue weighted by atomic mass is 19.4. The van der Waals surface area contributed by atoms with Crippen molar-refractivity contribution in [2.45, 2.75) is 51.6 Å². The number of aliphatic carboxylic acids is 1. The minimum Gasteiger partial charge on any atom is -0.496 e. The maximum absolute atomic E-state index is 12.2. The predicted octanol–water partition coefficient (Wildman–Crippen LogP) is 3.29. The first-order valence-corrected chi connectivity index (χ1v) is 8.33. The van der Waals surface area contributed by atoms with Crippen LogP contribution < -0.4 is 10.1 Å². The van der Waals surface area contributed by atoms with Crippen LogP contribution in [0.1, 0.15) is 31.9 Å². The summed E-state index contributed by atoms with van der Waals surface area (Å²) in [5, 5.41) is 11.6. The molecule has 1 aromatic rings. The second-order valence-corrected chi connectivity index (χ2v) is 7.00. The van der Waals surface area contributed by atoms with Crippen molar-refractivity contribution >= 4 is 12.1 Å². The standard InChI is InChI=1S/C18H24F3NO6/c1-17(2,3)28-16(25)22-13(15(23)24)8-11-5-6-14(26-4)12(7-11)9-27-10-18(19,20)21/h5-7,13H,8-10H2,1-4H3,(H,22,25)(H,23,24). The number of carboxylic acids is 1. The lowest BCUT2D eigenvalue weighted by atomic mass is 10.0. The van der Waals surface area contributed by atoms with Crippen LogP contribution >= 0.6 is 0 Å². The first-order valence-electron chi connectivity index (χ1n) is 8.33. The van der Waals surface area contributed by atoms with Gasteiger partial charge in [-0.2, -0.15) is 13.2 Å². The topological polar surface area (TPSA) is 94.1 Å². The lowest BCUT2D eigenvalue weighted by Crippen LogP contribution is -2.44. The normalized spacial score (nSPS) is 13.0. The van der Waals surface area contributed by atoms with Gasteiger partial charge in [0.2, 0.25) is 0 Å². The average Bonchev–Trinajstić information content (AvgIpc) is 2.51. The van der Waals surface area contributed by atoms with Gasteiger partial charge in [-0.3, -0.25) is 0 Å². The van der Waals surface area contributed by atoms with Gasteiger partial charge in [0.25, 0.3) is 0 Å². The third-order valence-corrected chi connectivity index (χ3v) is 3.30. The number of methoxy groups -OCH3 is 1. The fourth-order valence-electron chi connectivity index (χ4n) is 2.23. The van der Waals surface area contributed by atoms with Crippen LogP contribution in [0.2, 0.25) is 0 Å². The zero-order chi connectivity index (χ0) is 21.5. The van der Waals surface area contributed by atoms with Gasteiger partial charge in [-0.1, -0.05) is 6.07 Å². The van der Waals surface area contributed by atoms with Gasteiger partial charge >= 0.3 is 18.2 Å². The van der Waals surface area contributed by atoms with Crippen LogP contribution in [0, 0.1) is 0 Å². The molecule has 1 amide bonds. The molecule has 1 rings (SSSR count). The van der Waals surface area contributed by atoms with Crippen molar-refractivity contribution in [2.75, 3.05) is 13.7 Å². The molecule has 1 unspecified atom stereocenters. The Morgan fingerprint density at radius 3 is 2.36 bits per heavy atom. The molecule has 0 aromatic heterocycles. The summed E-state index contributed by atoms with van der Waals surface area (Å²) >= 11 is 0. The quantitative estimate of drug-likeness (QED) is 0.687. The molecular weight excluding hydrogens is 383 g/mol. The van der Waals surface area contributed by atoms with Gasteiger partial charge in [0.15, 0.2) is 0 Å². The number of hydrogen-bond donors (Lipinski definition) is 2. The van der Waals surface area contributed by atoms with E-state index in [0.29, 0.717) is 16.9 Å². The molecule has 28 heavy (non-hydrogen) atoms. The Balaban J connectivity index is 2.87. The van der Waals surface area contributed by atoms with Crippen molar-refractivity contribution in [1.29, 1.82) is 0 Å². The van der Waals surface area contributed by atoms with Crippen molar-refractivity contribution in [3.8, 4) is 5.75 Å². The third kappa shape index (κ3) is 8.94. The van der Waals surface area contributed by atoms with Gasteiger partial charge < -0.3 is 24.6 Å². The number of nitrogens with one attached hydrogen (secondary N) is 1. The fourth-order valence-corrected chi connectivity index (χ4v) is 2.23. The number of carbonyl (C=O) groups excluding carboxylic acids is 1. The van der Waals surface area contributed by atoms with Gasteiger partial charge in [-0.25, -0.2) is 9.59 Å². The highest BCUT2D eigenvalue weighted by Gasteiger charge is 2.28. The van der Waals surface area contributed by atoms with Crippen molar-refractivity contribution in [1.82, 2.24) is 5.32 Å². The molecule has 0 saturated heterocycles. The summed E-state index contributed by atoms with van der Waals surface area (Å²) < 4.78 is 51.5. The highest BCUT2D eigenvalue weighted by Crippen LogP contribution is 2.23. The molecule has 0 bridgehead atoms. The molecule has 2 N–H and O–H groups in total. The lowest BCUT2D eigenvalue weighted by Gasteiger charge is -2.22. The number of amides is 1. The van der Waals surface area contributed by atoms with Crippen molar-refractivity contribution in [3.05, 3.63) is 29.3 Å².